The Bertz CT molecular complexity index is 1700. The minimum Gasteiger partial charge on any atom is -0.378 e. The van der Waals surface area contributed by atoms with Gasteiger partial charge in [0.1, 0.15) is 26.4 Å². The molecule has 0 saturated carbocycles. The van der Waals surface area contributed by atoms with Crippen LogP contribution in [-0.4, -0.2) is 124 Å². The summed E-state index contributed by atoms with van der Waals surface area (Å²) in [6.45, 7) is 13.8. The van der Waals surface area contributed by atoms with Gasteiger partial charge in [0.25, 0.3) is 0 Å². The third-order valence-electron chi connectivity index (χ3n) is 8.89. The lowest BCUT2D eigenvalue weighted by atomic mass is 10.0. The van der Waals surface area contributed by atoms with Gasteiger partial charge >= 0.3 is 0 Å². The van der Waals surface area contributed by atoms with Gasteiger partial charge in [-0.3, -0.25) is 0 Å². The van der Waals surface area contributed by atoms with Gasteiger partial charge in [-0.15, -0.1) is 43.2 Å². The molecule has 4 saturated heterocycles. The summed E-state index contributed by atoms with van der Waals surface area (Å²) in [7, 11) is -9.89. The summed E-state index contributed by atoms with van der Waals surface area (Å²) < 4.78 is 95.6. The number of halogens is 2. The van der Waals surface area contributed by atoms with Crippen LogP contribution < -0.4 is 47.1 Å². The Morgan fingerprint density at radius 3 is 1.14 bits per heavy atom. The van der Waals surface area contributed by atoms with E-state index < -0.39 is 20.5 Å². The van der Waals surface area contributed by atoms with Crippen molar-refractivity contribution in [3.8, 4) is 0 Å². The van der Waals surface area contributed by atoms with Crippen molar-refractivity contribution in [3.63, 3.8) is 0 Å². The number of hydrogen-bond acceptors (Lipinski definition) is 18. The number of ether oxygens (including phenoxy) is 4. The van der Waals surface area contributed by atoms with E-state index in [2.05, 4.69) is 67.5 Å². The van der Waals surface area contributed by atoms with E-state index in [0.717, 1.165) is 105 Å². The van der Waals surface area contributed by atoms with E-state index in [1.807, 2.05) is 46.2 Å². The van der Waals surface area contributed by atoms with Crippen LogP contribution in [0.5, 0.6) is 0 Å². The van der Waals surface area contributed by atoms with Gasteiger partial charge in [0, 0.05) is 69.0 Å². The van der Waals surface area contributed by atoms with Gasteiger partial charge < -0.3 is 28.7 Å². The molecule has 0 aromatic carbocycles. The number of anilines is 2. The summed E-state index contributed by atoms with van der Waals surface area (Å²) in [6, 6.07) is 9.35. The highest BCUT2D eigenvalue weighted by atomic mass is 35.7. The first kappa shape index (κ1) is 43.7. The summed E-state index contributed by atoms with van der Waals surface area (Å²) in [4.78, 5) is 10.2. The van der Waals surface area contributed by atoms with Crippen LogP contribution in [0.1, 0.15) is 9.75 Å². The first-order valence-corrected chi connectivity index (χ1v) is 23.2. The van der Waals surface area contributed by atoms with Crippen molar-refractivity contribution in [2.75, 3.05) is 115 Å². The first-order valence-electron chi connectivity index (χ1n) is 17.5. The molecule has 16 nitrogen and oxygen atoms in total. The molecule has 4 fully saturated rings. The maximum atomic E-state index is 8.49. The zero-order valence-corrected chi connectivity index (χ0v) is 34.8. The van der Waals surface area contributed by atoms with E-state index in [0.29, 0.717) is 0 Å². The van der Waals surface area contributed by atoms with Gasteiger partial charge in [0.2, 0.25) is 10.1 Å². The molecule has 2 aromatic rings. The molecule has 0 unspecified atom stereocenters. The molecule has 0 radical (unpaired) electrons. The number of hydrogen-bond donors (Lipinski definition) is 0. The van der Waals surface area contributed by atoms with E-state index in [1.54, 1.807) is 0 Å². The number of morpholine rings is 4. The highest BCUT2D eigenvalue weighted by Crippen LogP contribution is 2.51. The summed E-state index contributed by atoms with van der Waals surface area (Å²) in [6.07, 6.45) is 9.35. The monoisotopic (exact) mass is 894 g/mol. The Kier molecular flexibility index (Phi) is 15.9. The van der Waals surface area contributed by atoms with Crippen LogP contribution in [0.3, 0.4) is 0 Å². The van der Waals surface area contributed by atoms with Gasteiger partial charge in [-0.1, -0.05) is 0 Å². The molecule has 0 atom stereocenters. The topological polar surface area (TPSA) is 234 Å². The minimum atomic E-state index is -4.94. The van der Waals surface area contributed by atoms with Crippen LogP contribution in [0.15, 0.2) is 58.4 Å². The normalized spacial score (nSPS) is 22.6. The number of allylic oxidation sites excluding steroid dienone is 4. The standard InChI is InChI=1S/C34H40N4O4S4.2ClHO4/c1-5-29(35-9-17-39-18-10-35)43-25(1)33(26-2-6-30(44-26)36-11-19-40-20-12-36)34(27-3-7-31(45-27)37-13-21-41-22-14-37)28-4-8-32(46-28)38-15-23-42-24-16-38;2*2-1(3,4)5/h1-8H,9-24H2;2*(H,2,3,4,5)/q+2;;/p-2. The molecular weight excluding hydrogens is 856 g/mol. The number of thiophene rings is 2. The van der Waals surface area contributed by atoms with Crippen molar-refractivity contribution < 1.29 is 85.9 Å². The molecule has 306 valence electrons. The quantitative estimate of drug-likeness (QED) is 0.258. The lowest BCUT2D eigenvalue weighted by Crippen LogP contribution is -2.68. The van der Waals surface area contributed by atoms with Crippen molar-refractivity contribution in [2.45, 2.75) is 0 Å². The SMILES string of the molecule is C1=C/C(=C(/C(=C2/C=CC(=[N+]3CCOCC3)S2)c2ccc(N3CCOCC3)s2)c2ccc(N3CCOCC3)s2)SC1=[N+]1CCOCC1.[O-][Cl+3]([O-])([O-])[O-].[O-][Cl+3]([O-])([O-])[O-]. The molecule has 6 aliphatic rings. The van der Waals surface area contributed by atoms with Crippen LogP contribution >= 0.6 is 46.2 Å². The van der Waals surface area contributed by atoms with E-state index in [-0.39, 0.29) is 0 Å². The number of nitrogens with zero attached hydrogens (tertiary/aromatic N) is 4. The van der Waals surface area contributed by atoms with Crippen molar-refractivity contribution >= 4 is 77.4 Å². The van der Waals surface area contributed by atoms with E-state index in [4.69, 9.17) is 56.2 Å². The predicted octanol–water partition coefficient (Wildman–Crippen LogP) is -4.42. The minimum absolute atomic E-state index is 0.786. The van der Waals surface area contributed by atoms with E-state index in [1.165, 1.54) is 50.8 Å². The fourth-order valence-electron chi connectivity index (χ4n) is 6.40. The Balaban J connectivity index is 0.000000476. The van der Waals surface area contributed by atoms with Gasteiger partial charge in [0.05, 0.1) is 36.4 Å². The molecular formula is C34H40Cl2N4O12S4. The number of rotatable bonds is 5. The first-order chi connectivity index (χ1) is 26.8. The summed E-state index contributed by atoms with van der Waals surface area (Å²) in [5.74, 6) is 0. The Morgan fingerprint density at radius 2 is 0.804 bits per heavy atom. The largest absolute Gasteiger partial charge is 0.378 e. The Hall–Kier alpha value is -1.90. The van der Waals surface area contributed by atoms with Crippen LogP contribution in [-0.2, 0) is 18.9 Å². The molecule has 22 heteroatoms. The van der Waals surface area contributed by atoms with Crippen LogP contribution in [0.2, 0.25) is 0 Å². The van der Waals surface area contributed by atoms with Crippen molar-refractivity contribution in [1.82, 2.24) is 0 Å². The van der Waals surface area contributed by atoms with Crippen LogP contribution in [0.25, 0.3) is 11.1 Å². The Labute approximate surface area is 344 Å². The molecule has 56 heavy (non-hydrogen) atoms. The second kappa shape index (κ2) is 20.4. The predicted molar refractivity (Wildman–Crippen MR) is 194 cm³/mol. The second-order valence-electron chi connectivity index (χ2n) is 12.5. The van der Waals surface area contributed by atoms with Crippen molar-refractivity contribution in [2.24, 2.45) is 0 Å². The second-order valence-corrected chi connectivity index (χ2v) is 18.2. The van der Waals surface area contributed by atoms with Crippen molar-refractivity contribution in [1.29, 1.82) is 0 Å². The summed E-state index contributed by atoms with van der Waals surface area (Å²) in [5, 5.41) is 5.28. The smallest absolute Gasteiger partial charge is 0.239 e. The van der Waals surface area contributed by atoms with Gasteiger partial charge in [-0.2, -0.15) is 0 Å². The number of thioether (sulfide) groups is 2. The fourth-order valence-corrected chi connectivity index (χ4v) is 11.0. The summed E-state index contributed by atoms with van der Waals surface area (Å²) >= 11 is 7.66. The lowest BCUT2D eigenvalue weighted by Gasteiger charge is -2.27. The maximum Gasteiger partial charge on any atom is 0.239 e. The zero-order chi connectivity index (χ0) is 39.7. The maximum absolute atomic E-state index is 8.49. The van der Waals surface area contributed by atoms with Crippen LogP contribution in [0.4, 0.5) is 10.0 Å². The third-order valence-corrected chi connectivity index (χ3v) is 13.5. The Morgan fingerprint density at radius 1 is 0.482 bits per heavy atom. The average Bonchev–Trinajstić information content (AvgIpc) is 4.02. The fraction of sp³-hybridized carbons (Fsp3) is 0.471. The highest BCUT2D eigenvalue weighted by molar-refractivity contribution is 8.18. The third kappa shape index (κ3) is 13.1. The van der Waals surface area contributed by atoms with Gasteiger partial charge in [0.15, 0.2) is 26.2 Å². The molecule has 8 rings (SSSR count). The van der Waals surface area contributed by atoms with E-state index >= 15 is 0 Å². The van der Waals surface area contributed by atoms with Gasteiger partial charge in [-0.05, 0) is 59.9 Å². The lowest BCUT2D eigenvalue weighted by molar-refractivity contribution is -2.00. The zero-order valence-electron chi connectivity index (χ0n) is 30.0. The molecule has 0 amide bonds. The molecule has 0 aliphatic carbocycles. The van der Waals surface area contributed by atoms with Crippen LogP contribution in [0, 0.1) is 20.5 Å². The molecule has 6 aliphatic heterocycles. The highest BCUT2D eigenvalue weighted by Gasteiger charge is 2.32. The molecule has 0 spiro atoms. The molecule has 8 heterocycles. The van der Waals surface area contributed by atoms with E-state index in [9.17, 15) is 0 Å². The van der Waals surface area contributed by atoms with Gasteiger partial charge in [-0.25, -0.2) is 46.4 Å². The molecule has 0 bridgehead atoms. The average molecular weight is 896 g/mol. The van der Waals surface area contributed by atoms with Crippen molar-refractivity contribution in [3.05, 3.63) is 68.1 Å². The summed E-state index contributed by atoms with van der Waals surface area (Å²) in [5.41, 5.74) is 2.67. The molecule has 2 aromatic heterocycles. The molecule has 0 N–H and O–H groups in total.